The molecular weight excluding hydrogens is 218 g/mol. The van der Waals surface area contributed by atoms with Crippen molar-refractivity contribution in [3.63, 3.8) is 0 Å². The number of benzene rings is 1. The quantitative estimate of drug-likeness (QED) is 0.800. The fourth-order valence-electron chi connectivity index (χ4n) is 2.02. The van der Waals surface area contributed by atoms with E-state index in [4.69, 9.17) is 22.7 Å². The average Bonchev–Trinajstić information content (AvgIpc) is 2.16. The van der Waals surface area contributed by atoms with Gasteiger partial charge in [-0.15, -0.1) is 0 Å². The molecule has 0 atom stereocenters. The van der Waals surface area contributed by atoms with E-state index in [0.717, 1.165) is 18.6 Å². The van der Waals surface area contributed by atoms with E-state index in [-0.39, 0.29) is 5.60 Å². The van der Waals surface area contributed by atoms with Crippen LogP contribution in [0.25, 0.3) is 0 Å². The fourth-order valence-corrected chi connectivity index (χ4v) is 2.19. The van der Waals surface area contributed by atoms with E-state index in [2.05, 4.69) is 19.9 Å². The number of ether oxygens (including phenoxy) is 1. The summed E-state index contributed by atoms with van der Waals surface area (Å²) in [5.74, 6) is 1.00. The Balaban J connectivity index is 2.24. The van der Waals surface area contributed by atoms with Crippen molar-refractivity contribution in [2.24, 2.45) is 5.73 Å². The Morgan fingerprint density at radius 1 is 1.50 bits per heavy atom. The molecule has 3 heteroatoms. The molecule has 0 bridgehead atoms. The number of aryl methyl sites for hydroxylation is 1. The van der Waals surface area contributed by atoms with Gasteiger partial charge in [0.1, 0.15) is 11.4 Å². The number of nitrogens with two attached hydrogens (primary N) is 1. The van der Waals surface area contributed by atoms with Crippen LogP contribution in [0.2, 0.25) is 0 Å². The number of hydrogen-bond donors (Lipinski definition) is 1. The molecule has 0 radical (unpaired) electrons. The van der Waals surface area contributed by atoms with Crippen LogP contribution < -0.4 is 10.5 Å². The molecule has 0 aromatic heterocycles. The topological polar surface area (TPSA) is 35.2 Å². The lowest BCUT2D eigenvalue weighted by Crippen LogP contribution is -2.32. The SMILES string of the molecule is CC1(C)CCc2cc(CC(N)=S)ccc2O1. The predicted octanol–water partition coefficient (Wildman–Crippen LogP) is 2.62. The Labute approximate surface area is 102 Å². The Bertz CT molecular complexity index is 426. The summed E-state index contributed by atoms with van der Waals surface area (Å²) in [6, 6.07) is 6.23. The van der Waals surface area contributed by atoms with Crippen molar-refractivity contribution in [2.45, 2.75) is 38.7 Å². The van der Waals surface area contributed by atoms with Gasteiger partial charge in [0.25, 0.3) is 0 Å². The second-order valence-electron chi connectivity index (χ2n) is 4.95. The second-order valence-corrected chi connectivity index (χ2v) is 5.47. The molecule has 0 saturated carbocycles. The molecule has 86 valence electrons. The summed E-state index contributed by atoms with van der Waals surface area (Å²) < 4.78 is 5.92. The summed E-state index contributed by atoms with van der Waals surface area (Å²) in [6.45, 7) is 4.25. The van der Waals surface area contributed by atoms with Gasteiger partial charge in [0.15, 0.2) is 0 Å². The molecular formula is C13H17NOS. The van der Waals surface area contributed by atoms with Gasteiger partial charge < -0.3 is 10.5 Å². The normalized spacial score (nSPS) is 17.4. The molecule has 2 nitrogen and oxygen atoms in total. The van der Waals surface area contributed by atoms with Gasteiger partial charge in [-0.1, -0.05) is 24.4 Å². The molecule has 0 spiro atoms. The first-order valence-electron chi connectivity index (χ1n) is 5.55. The summed E-state index contributed by atoms with van der Waals surface area (Å²) in [5.41, 5.74) is 7.95. The first-order valence-corrected chi connectivity index (χ1v) is 5.96. The maximum absolute atomic E-state index is 5.92. The minimum atomic E-state index is -0.0440. The maximum Gasteiger partial charge on any atom is 0.123 e. The average molecular weight is 235 g/mol. The standard InChI is InChI=1S/C13H17NOS/c1-13(2)6-5-10-7-9(8-12(14)16)3-4-11(10)15-13/h3-4,7H,5-6,8H2,1-2H3,(H2,14,16). The van der Waals surface area contributed by atoms with Crippen molar-refractivity contribution in [1.29, 1.82) is 0 Å². The lowest BCUT2D eigenvalue weighted by Gasteiger charge is -2.32. The highest BCUT2D eigenvalue weighted by Gasteiger charge is 2.26. The van der Waals surface area contributed by atoms with E-state index in [0.29, 0.717) is 11.4 Å². The minimum Gasteiger partial charge on any atom is -0.488 e. The third kappa shape index (κ3) is 2.53. The van der Waals surface area contributed by atoms with Crippen LogP contribution >= 0.6 is 12.2 Å². The highest BCUT2D eigenvalue weighted by Crippen LogP contribution is 2.33. The molecule has 0 unspecified atom stereocenters. The largest absolute Gasteiger partial charge is 0.488 e. The van der Waals surface area contributed by atoms with Crippen molar-refractivity contribution < 1.29 is 4.74 Å². The van der Waals surface area contributed by atoms with Crippen LogP contribution in [0, 0.1) is 0 Å². The van der Waals surface area contributed by atoms with Crippen LogP contribution in [-0.4, -0.2) is 10.6 Å². The van der Waals surface area contributed by atoms with E-state index in [1.54, 1.807) is 0 Å². The Hall–Kier alpha value is -1.09. The van der Waals surface area contributed by atoms with Crippen molar-refractivity contribution in [3.8, 4) is 5.75 Å². The highest BCUT2D eigenvalue weighted by atomic mass is 32.1. The maximum atomic E-state index is 5.92. The highest BCUT2D eigenvalue weighted by molar-refractivity contribution is 7.80. The molecule has 1 aliphatic rings. The first-order chi connectivity index (χ1) is 7.46. The summed E-state index contributed by atoms with van der Waals surface area (Å²) in [5, 5.41) is 0. The third-order valence-corrected chi connectivity index (χ3v) is 3.03. The van der Waals surface area contributed by atoms with Crippen LogP contribution in [0.3, 0.4) is 0 Å². The minimum absolute atomic E-state index is 0.0440. The number of thiocarbonyl (C=S) groups is 1. The molecule has 2 rings (SSSR count). The van der Waals surface area contributed by atoms with E-state index >= 15 is 0 Å². The van der Waals surface area contributed by atoms with E-state index in [1.807, 2.05) is 12.1 Å². The second kappa shape index (κ2) is 4.06. The summed E-state index contributed by atoms with van der Waals surface area (Å²) in [6.07, 6.45) is 2.79. The fraction of sp³-hybridized carbons (Fsp3) is 0.462. The van der Waals surface area contributed by atoms with Gasteiger partial charge >= 0.3 is 0 Å². The molecule has 0 saturated heterocycles. The van der Waals surface area contributed by atoms with Crippen molar-refractivity contribution in [1.82, 2.24) is 0 Å². The van der Waals surface area contributed by atoms with E-state index in [1.165, 1.54) is 11.1 Å². The molecule has 0 aliphatic carbocycles. The third-order valence-electron chi connectivity index (χ3n) is 2.89. The summed E-state index contributed by atoms with van der Waals surface area (Å²) in [4.78, 5) is 0.539. The van der Waals surface area contributed by atoms with Crippen molar-refractivity contribution in [3.05, 3.63) is 29.3 Å². The molecule has 0 fully saturated rings. The van der Waals surface area contributed by atoms with Gasteiger partial charge in [0, 0.05) is 6.42 Å². The summed E-state index contributed by atoms with van der Waals surface area (Å²) >= 11 is 4.92. The predicted molar refractivity (Wildman–Crippen MR) is 70.0 cm³/mol. The molecule has 1 aliphatic heterocycles. The van der Waals surface area contributed by atoms with Crippen LogP contribution in [0.1, 0.15) is 31.4 Å². The zero-order valence-electron chi connectivity index (χ0n) is 9.75. The van der Waals surface area contributed by atoms with Crippen molar-refractivity contribution in [2.75, 3.05) is 0 Å². The monoisotopic (exact) mass is 235 g/mol. The van der Waals surface area contributed by atoms with Gasteiger partial charge in [-0.05, 0) is 43.9 Å². The first kappa shape index (κ1) is 11.4. The zero-order valence-corrected chi connectivity index (χ0v) is 10.6. The molecule has 1 aromatic rings. The number of hydrogen-bond acceptors (Lipinski definition) is 2. The van der Waals surface area contributed by atoms with Gasteiger partial charge in [0.05, 0.1) is 4.99 Å². The van der Waals surface area contributed by atoms with Crippen molar-refractivity contribution >= 4 is 17.2 Å². The smallest absolute Gasteiger partial charge is 0.123 e. The molecule has 1 aromatic carbocycles. The Kier molecular flexibility index (Phi) is 2.89. The Morgan fingerprint density at radius 2 is 2.25 bits per heavy atom. The lowest BCUT2D eigenvalue weighted by molar-refractivity contribution is 0.0846. The molecule has 1 heterocycles. The van der Waals surface area contributed by atoms with Gasteiger partial charge in [0.2, 0.25) is 0 Å². The molecule has 16 heavy (non-hydrogen) atoms. The van der Waals surface area contributed by atoms with Gasteiger partial charge in [-0.25, -0.2) is 0 Å². The van der Waals surface area contributed by atoms with E-state index in [9.17, 15) is 0 Å². The van der Waals surface area contributed by atoms with E-state index < -0.39 is 0 Å². The number of rotatable bonds is 2. The summed E-state index contributed by atoms with van der Waals surface area (Å²) in [7, 11) is 0. The number of fused-ring (bicyclic) bond motifs is 1. The van der Waals surface area contributed by atoms with Crippen LogP contribution in [-0.2, 0) is 12.8 Å². The van der Waals surface area contributed by atoms with Gasteiger partial charge in [-0.3, -0.25) is 0 Å². The Morgan fingerprint density at radius 3 is 2.94 bits per heavy atom. The van der Waals surface area contributed by atoms with Crippen LogP contribution in [0.4, 0.5) is 0 Å². The lowest BCUT2D eigenvalue weighted by atomic mass is 9.93. The molecule has 0 amide bonds. The van der Waals surface area contributed by atoms with Crippen LogP contribution in [0.5, 0.6) is 5.75 Å². The van der Waals surface area contributed by atoms with Crippen LogP contribution in [0.15, 0.2) is 18.2 Å². The molecule has 2 N–H and O–H groups in total. The van der Waals surface area contributed by atoms with Gasteiger partial charge in [-0.2, -0.15) is 0 Å². The zero-order chi connectivity index (χ0) is 11.8.